The predicted octanol–water partition coefficient (Wildman–Crippen LogP) is 2.26. The van der Waals surface area contributed by atoms with E-state index in [9.17, 15) is 9.59 Å². The topological polar surface area (TPSA) is 92.4 Å². The van der Waals surface area contributed by atoms with Gasteiger partial charge in [-0.15, -0.1) is 6.58 Å². The summed E-state index contributed by atoms with van der Waals surface area (Å²) in [5.41, 5.74) is 0.781. The Labute approximate surface area is 117 Å². The molecular weight excluding hydrogens is 260 g/mol. The molecule has 0 radical (unpaired) electrons. The Hall–Kier alpha value is -2.11. The molecule has 2 N–H and O–H groups in total. The molecule has 0 aromatic carbocycles. The van der Waals surface area contributed by atoms with Crippen molar-refractivity contribution in [3.8, 4) is 0 Å². The molecule has 0 bridgehead atoms. The number of rotatable bonds is 7. The maximum absolute atomic E-state index is 12.2. The van der Waals surface area contributed by atoms with Gasteiger partial charge in [-0.2, -0.15) is 0 Å². The number of allylic oxidation sites excluding steroid dienone is 1. The Bertz CT molecular complexity index is 505. The molecule has 0 aliphatic rings. The average molecular weight is 280 g/mol. The number of hydrogen-bond acceptors (Lipinski definition) is 4. The summed E-state index contributed by atoms with van der Waals surface area (Å²) in [5, 5.41) is 15.4. The first-order valence-corrected chi connectivity index (χ1v) is 6.49. The van der Waals surface area contributed by atoms with E-state index in [1.165, 1.54) is 0 Å². The van der Waals surface area contributed by atoms with E-state index in [0.29, 0.717) is 29.9 Å². The normalized spacial score (nSPS) is 12.2. The fourth-order valence-corrected chi connectivity index (χ4v) is 1.83. The van der Waals surface area contributed by atoms with Crippen LogP contribution < -0.4 is 5.32 Å². The average Bonchev–Trinajstić information content (AvgIpc) is 2.76. The molecule has 1 rings (SSSR count). The number of aliphatic carboxylic acids is 1. The van der Waals surface area contributed by atoms with Crippen LogP contribution in [0.2, 0.25) is 0 Å². The number of hydrogen-bond donors (Lipinski definition) is 2. The highest BCUT2D eigenvalue weighted by Gasteiger charge is 2.26. The van der Waals surface area contributed by atoms with E-state index in [2.05, 4.69) is 17.1 Å². The predicted molar refractivity (Wildman–Crippen MR) is 73.7 cm³/mol. The van der Waals surface area contributed by atoms with E-state index >= 15 is 0 Å². The molecule has 6 heteroatoms. The first-order chi connectivity index (χ1) is 9.38. The number of carbonyl (C=O) groups excluding carboxylic acids is 1. The lowest BCUT2D eigenvalue weighted by atomic mass is 10.0. The van der Waals surface area contributed by atoms with Crippen molar-refractivity contribution in [3.05, 3.63) is 29.7 Å². The Morgan fingerprint density at radius 2 is 2.15 bits per heavy atom. The molecule has 1 unspecified atom stereocenters. The summed E-state index contributed by atoms with van der Waals surface area (Å²) in [6.07, 6.45) is 2.43. The lowest BCUT2D eigenvalue weighted by molar-refractivity contribution is -0.139. The van der Waals surface area contributed by atoms with Gasteiger partial charge in [0.05, 0.1) is 5.69 Å². The van der Waals surface area contributed by atoms with Gasteiger partial charge in [-0.25, -0.2) is 4.79 Å². The Morgan fingerprint density at radius 3 is 2.65 bits per heavy atom. The van der Waals surface area contributed by atoms with Gasteiger partial charge in [0.1, 0.15) is 11.6 Å². The number of nitrogens with one attached hydrogen (secondary N) is 1. The van der Waals surface area contributed by atoms with Gasteiger partial charge in [-0.05, 0) is 19.8 Å². The van der Waals surface area contributed by atoms with Crippen LogP contribution in [0.4, 0.5) is 0 Å². The summed E-state index contributed by atoms with van der Waals surface area (Å²) in [4.78, 5) is 23.4. The Kier molecular flexibility index (Phi) is 5.49. The second kappa shape index (κ2) is 6.88. The van der Waals surface area contributed by atoms with Crippen molar-refractivity contribution in [2.24, 2.45) is 0 Å². The molecular formula is C14H20N2O4. The maximum atomic E-state index is 12.2. The maximum Gasteiger partial charge on any atom is 0.326 e. The van der Waals surface area contributed by atoms with Crippen molar-refractivity contribution >= 4 is 11.9 Å². The van der Waals surface area contributed by atoms with Crippen molar-refractivity contribution in [2.45, 2.75) is 45.6 Å². The molecule has 1 atom stereocenters. The monoisotopic (exact) mass is 280 g/mol. The van der Waals surface area contributed by atoms with Crippen LogP contribution in [0.1, 0.15) is 54.4 Å². The zero-order valence-corrected chi connectivity index (χ0v) is 12.0. The molecule has 1 aromatic rings. The highest BCUT2D eigenvalue weighted by molar-refractivity contribution is 5.98. The van der Waals surface area contributed by atoms with Crippen LogP contribution in [0.25, 0.3) is 0 Å². The van der Waals surface area contributed by atoms with E-state index < -0.39 is 17.9 Å². The van der Waals surface area contributed by atoms with Gasteiger partial charge in [0.25, 0.3) is 5.91 Å². The number of nitrogens with zero attached hydrogens (tertiary/aromatic N) is 1. The van der Waals surface area contributed by atoms with Gasteiger partial charge in [-0.3, -0.25) is 4.79 Å². The van der Waals surface area contributed by atoms with Crippen molar-refractivity contribution in [3.63, 3.8) is 0 Å². The van der Waals surface area contributed by atoms with E-state index in [4.69, 9.17) is 9.63 Å². The molecule has 20 heavy (non-hydrogen) atoms. The summed E-state index contributed by atoms with van der Waals surface area (Å²) in [7, 11) is 0. The number of aryl methyl sites for hydroxylation is 1. The second-order valence-electron chi connectivity index (χ2n) is 4.89. The quantitative estimate of drug-likeness (QED) is 0.747. The summed E-state index contributed by atoms with van der Waals surface area (Å²) in [5.74, 6) is -1.08. The standard InChI is InChI=1S/C14H20N2O4/c1-5-6-7-10(14(18)19)15-13(17)11-9(4)16-20-12(11)8(2)3/h5,8,10H,1,6-7H2,2-4H3,(H,15,17)(H,18,19). The molecule has 110 valence electrons. The van der Waals surface area contributed by atoms with E-state index in [1.807, 2.05) is 13.8 Å². The van der Waals surface area contributed by atoms with Gasteiger partial charge in [-0.1, -0.05) is 25.1 Å². The number of aromatic nitrogens is 1. The van der Waals surface area contributed by atoms with Crippen molar-refractivity contribution in [1.29, 1.82) is 0 Å². The Balaban J connectivity index is 2.91. The lowest BCUT2D eigenvalue weighted by Crippen LogP contribution is -2.41. The highest BCUT2D eigenvalue weighted by Crippen LogP contribution is 2.22. The highest BCUT2D eigenvalue weighted by atomic mass is 16.5. The molecule has 6 nitrogen and oxygen atoms in total. The zero-order valence-electron chi connectivity index (χ0n) is 12.0. The third-order valence-corrected chi connectivity index (χ3v) is 2.90. The molecule has 0 aliphatic carbocycles. The summed E-state index contributed by atoms with van der Waals surface area (Å²) in [6, 6.07) is -0.949. The van der Waals surface area contributed by atoms with Crippen LogP contribution in [0.3, 0.4) is 0 Å². The SMILES string of the molecule is C=CCCC(NC(=O)c1c(C)noc1C(C)C)C(=O)O. The first-order valence-electron chi connectivity index (χ1n) is 6.49. The molecule has 1 heterocycles. The van der Waals surface area contributed by atoms with Crippen molar-refractivity contribution in [1.82, 2.24) is 10.5 Å². The molecule has 0 spiro atoms. The van der Waals surface area contributed by atoms with Crippen molar-refractivity contribution < 1.29 is 19.2 Å². The fraction of sp³-hybridized carbons (Fsp3) is 0.500. The van der Waals surface area contributed by atoms with Gasteiger partial charge in [0.2, 0.25) is 0 Å². The van der Waals surface area contributed by atoms with E-state index in [-0.39, 0.29) is 5.92 Å². The summed E-state index contributed by atoms with van der Waals surface area (Å²) < 4.78 is 5.13. The minimum atomic E-state index is -1.07. The number of amides is 1. The lowest BCUT2D eigenvalue weighted by Gasteiger charge is -2.14. The Morgan fingerprint density at radius 1 is 1.50 bits per heavy atom. The number of carboxylic acids is 1. The van der Waals surface area contributed by atoms with Gasteiger partial charge < -0.3 is 14.9 Å². The molecule has 1 aromatic heterocycles. The van der Waals surface area contributed by atoms with Crippen molar-refractivity contribution in [2.75, 3.05) is 0 Å². The zero-order chi connectivity index (χ0) is 15.3. The molecule has 1 amide bonds. The molecule has 0 saturated carbocycles. The van der Waals surface area contributed by atoms with Crippen LogP contribution in [-0.2, 0) is 4.79 Å². The summed E-state index contributed by atoms with van der Waals surface area (Å²) >= 11 is 0. The minimum absolute atomic E-state index is 0.00611. The van der Waals surface area contributed by atoms with Crippen LogP contribution in [0, 0.1) is 6.92 Å². The molecule has 0 saturated heterocycles. The van der Waals surface area contributed by atoms with Gasteiger partial charge >= 0.3 is 5.97 Å². The molecule has 0 fully saturated rings. The van der Waals surface area contributed by atoms with Crippen LogP contribution in [0.15, 0.2) is 17.2 Å². The van der Waals surface area contributed by atoms with E-state index in [0.717, 1.165) is 0 Å². The van der Waals surface area contributed by atoms with E-state index in [1.54, 1.807) is 13.0 Å². The van der Waals surface area contributed by atoms with Gasteiger partial charge in [0, 0.05) is 5.92 Å². The molecule has 0 aliphatic heterocycles. The second-order valence-corrected chi connectivity index (χ2v) is 4.89. The number of carbonyl (C=O) groups is 2. The largest absolute Gasteiger partial charge is 0.480 e. The third kappa shape index (κ3) is 3.69. The van der Waals surface area contributed by atoms with Crippen LogP contribution in [-0.4, -0.2) is 28.2 Å². The fourth-order valence-electron chi connectivity index (χ4n) is 1.83. The van der Waals surface area contributed by atoms with Gasteiger partial charge in [0.15, 0.2) is 5.76 Å². The number of carboxylic acid groups (broad SMARTS) is 1. The summed E-state index contributed by atoms with van der Waals surface area (Å²) in [6.45, 7) is 8.95. The minimum Gasteiger partial charge on any atom is -0.480 e. The third-order valence-electron chi connectivity index (χ3n) is 2.90. The smallest absolute Gasteiger partial charge is 0.326 e. The first kappa shape index (κ1) is 15.9. The van der Waals surface area contributed by atoms with Crippen LogP contribution >= 0.6 is 0 Å². The van der Waals surface area contributed by atoms with Crippen LogP contribution in [0.5, 0.6) is 0 Å².